The molecule has 0 bridgehead atoms. The number of nitrogens with one attached hydrogen (secondary N) is 2. The van der Waals surface area contributed by atoms with Crippen molar-refractivity contribution < 1.29 is 47.6 Å². The summed E-state index contributed by atoms with van der Waals surface area (Å²) in [5.41, 5.74) is 3.40. The Morgan fingerprint density at radius 2 is 1.00 bits per heavy atom. The minimum absolute atomic E-state index is 0.0860. The molecule has 74 heavy (non-hydrogen) atoms. The molecule has 2 aliphatic rings. The summed E-state index contributed by atoms with van der Waals surface area (Å²) in [6, 6.07) is 7.74. The van der Waals surface area contributed by atoms with Crippen LogP contribution >= 0.6 is 11.6 Å². The van der Waals surface area contributed by atoms with Gasteiger partial charge in [-0.3, -0.25) is 29.8 Å². The molecule has 0 unspecified atom stereocenters. The summed E-state index contributed by atoms with van der Waals surface area (Å²) in [4.78, 5) is 74.9. The van der Waals surface area contributed by atoms with Gasteiger partial charge in [-0.2, -0.15) is 4.98 Å². The first-order valence-electron chi connectivity index (χ1n) is 24.5. The summed E-state index contributed by atoms with van der Waals surface area (Å²) in [5.74, 6) is -1.22. The Morgan fingerprint density at radius 1 is 0.554 bits per heavy atom. The molecule has 0 saturated heterocycles. The van der Waals surface area contributed by atoms with Crippen molar-refractivity contribution in [2.45, 2.75) is 85.7 Å². The normalized spacial score (nSPS) is 13.5. The van der Waals surface area contributed by atoms with Crippen LogP contribution in [0.4, 0.5) is 0 Å². The Morgan fingerprint density at radius 3 is 1.45 bits per heavy atom. The summed E-state index contributed by atoms with van der Waals surface area (Å²) < 4.78 is 40.7. The number of unbranched alkanes of at least 4 members (excludes halogenated alkanes) is 3. The van der Waals surface area contributed by atoms with Gasteiger partial charge in [-0.05, 0) is 24.3 Å². The van der Waals surface area contributed by atoms with Gasteiger partial charge in [-0.15, -0.1) is 0 Å². The van der Waals surface area contributed by atoms with Crippen molar-refractivity contribution >= 4 is 96.0 Å². The fraction of sp³-hybridized carbons (Fsp3) is 0.423. The molecule has 2 N–H and O–H groups in total. The van der Waals surface area contributed by atoms with Crippen molar-refractivity contribution in [3.05, 3.63) is 83.2 Å². The molecule has 0 aromatic carbocycles. The molecule has 2 aliphatic heterocycles. The fourth-order valence-electron chi connectivity index (χ4n) is 9.08. The van der Waals surface area contributed by atoms with Crippen molar-refractivity contribution in [1.82, 2.24) is 49.7 Å². The van der Waals surface area contributed by atoms with Gasteiger partial charge in [0.15, 0.2) is 0 Å². The largest absolute Gasteiger partial charge is 0.480 e. The molecule has 0 saturated carbocycles. The van der Waals surface area contributed by atoms with E-state index in [4.69, 9.17) is 40.0 Å². The van der Waals surface area contributed by atoms with Gasteiger partial charge >= 0.3 is 152 Å². The third-order valence-electron chi connectivity index (χ3n) is 12.8. The molecule has 8 heterocycles. The van der Waals surface area contributed by atoms with E-state index in [0.29, 0.717) is 60.3 Å². The van der Waals surface area contributed by atoms with Crippen molar-refractivity contribution in [1.29, 1.82) is 0 Å². The number of carbonyl (C=O) groups is 4. The van der Waals surface area contributed by atoms with E-state index in [1.165, 1.54) is 75.8 Å². The topological polar surface area (TPSA) is 235 Å². The van der Waals surface area contributed by atoms with Gasteiger partial charge in [0.1, 0.15) is 16.3 Å². The van der Waals surface area contributed by atoms with E-state index >= 15 is 0 Å². The number of fused-ring (bicyclic) bond motifs is 2. The molecular weight excluding hydrogens is 1080 g/mol. The van der Waals surface area contributed by atoms with E-state index in [1.807, 2.05) is 27.5 Å². The number of nitrogens with zero attached hydrogens (tertiary/aromatic N) is 8. The summed E-state index contributed by atoms with van der Waals surface area (Å²) in [7, 11) is 9.40. The van der Waals surface area contributed by atoms with Crippen LogP contribution < -0.4 is 33.2 Å². The van der Waals surface area contributed by atoms with Crippen LogP contribution in [-0.2, 0) is 41.7 Å². The quantitative estimate of drug-likeness (QED) is 0.0491. The van der Waals surface area contributed by atoms with E-state index in [2.05, 4.69) is 61.3 Å². The average molecular weight is 1140 g/mol. The van der Waals surface area contributed by atoms with Crippen molar-refractivity contribution in [3.8, 4) is 23.8 Å². The number of aromatic nitrogens is 8. The zero-order valence-electron chi connectivity index (χ0n) is 43.5. The number of hydrogen-bond donors (Lipinski definition) is 2. The SMILES string of the molecule is CCC[CH2][Sn]([CH2]CCC)([CH2]CCC)[c]1cnc(OC)nc1OC.COCCn1cc(C2=C(Cl)C(=O)NC2=O)c2cccnc21.COCCn1cc(C2=C(c3cnc(OC)nc3OC)C(=O)NC2=O)c2cccnc21. The Kier molecular flexibility index (Phi) is 20.8. The second-order valence-electron chi connectivity index (χ2n) is 17.4. The summed E-state index contributed by atoms with van der Waals surface area (Å²) in [6.45, 7) is 8.98. The zero-order valence-corrected chi connectivity index (χ0v) is 47.1. The van der Waals surface area contributed by atoms with Crippen molar-refractivity contribution in [2.75, 3.05) is 55.9 Å². The number of rotatable bonds is 23. The monoisotopic (exact) mass is 1140 g/mol. The van der Waals surface area contributed by atoms with Crippen LogP contribution in [-0.4, -0.2) is 137 Å². The molecule has 6 aromatic heterocycles. The molecule has 22 heteroatoms. The molecule has 0 aliphatic carbocycles. The molecular formula is C52H65ClN10O10Sn. The smallest absolute Gasteiger partial charge is 0.319 e. The van der Waals surface area contributed by atoms with Crippen LogP contribution in [0.2, 0.25) is 13.3 Å². The number of methoxy groups -OCH3 is 6. The fourth-order valence-corrected chi connectivity index (χ4v) is 25.3. The summed E-state index contributed by atoms with van der Waals surface area (Å²) in [6.07, 6.45) is 18.1. The third-order valence-corrected chi connectivity index (χ3v) is 28.6. The zero-order chi connectivity index (χ0) is 53.4. The number of ether oxygens (including phenoxy) is 6. The van der Waals surface area contributed by atoms with E-state index in [1.54, 1.807) is 65.4 Å². The number of carbonyl (C=O) groups excluding carboxylic acids is 4. The standard InChI is InChI=1S/C20H19N5O5.C14H12ClN3O3.C6H7N2O2.3C4H9.Sn/c1-28-8-7-25-10-13(11-5-4-6-21-16(11)25)15-14(17(26)23-18(15)27)12-9-22-20(30-3)24-19(12)29-2;1-21-6-5-18-7-9(8-3-2-4-16-12(8)18)10-11(15)14(20)17-13(10)19;1-9-5-3-4-7-6(8-5)10-2;3*1-3-4-2;/h4-6,9-10H,7-8H2,1-3H3,(H,23,26,27);2-4,7H,5-6H2,1H3,(H,17,19,20);4H,1-2H3;3*1,3-4H2,2H3;. The maximum absolute atomic E-state index is 12.8. The average Bonchev–Trinajstić information content (AvgIpc) is 4.14. The Labute approximate surface area is 439 Å². The second kappa shape index (κ2) is 27.2. The van der Waals surface area contributed by atoms with Gasteiger partial charge in [0.25, 0.3) is 23.6 Å². The number of amides is 4. The van der Waals surface area contributed by atoms with Gasteiger partial charge in [-0.1, -0.05) is 11.6 Å². The molecule has 20 nitrogen and oxygen atoms in total. The Hall–Kier alpha value is -6.49. The molecule has 0 spiro atoms. The summed E-state index contributed by atoms with van der Waals surface area (Å²) >= 11 is 3.42. The van der Waals surface area contributed by atoms with E-state index in [9.17, 15) is 19.2 Å². The van der Waals surface area contributed by atoms with Gasteiger partial charge in [0.05, 0.1) is 49.7 Å². The van der Waals surface area contributed by atoms with E-state index < -0.39 is 42.0 Å². The first-order valence-corrected chi connectivity index (χ1v) is 32.4. The number of imide groups is 2. The Balaban J connectivity index is 0.000000185. The van der Waals surface area contributed by atoms with Crippen molar-refractivity contribution in [2.24, 2.45) is 0 Å². The van der Waals surface area contributed by atoms with Crippen LogP contribution in [0.1, 0.15) is 76.0 Å². The first-order chi connectivity index (χ1) is 35.9. The number of halogens is 1. The predicted octanol–water partition coefficient (Wildman–Crippen LogP) is 6.90. The number of pyridine rings is 2. The minimum atomic E-state index is -2.55. The maximum Gasteiger partial charge on any atom is 0.319 e. The first kappa shape index (κ1) is 56.8. The second-order valence-corrected chi connectivity index (χ2v) is 30.9. The molecule has 394 valence electrons. The van der Waals surface area contributed by atoms with Crippen molar-refractivity contribution in [3.63, 3.8) is 0 Å². The van der Waals surface area contributed by atoms with Crippen LogP contribution in [0.3, 0.4) is 0 Å². The molecule has 0 atom stereocenters. The molecule has 4 amide bonds. The van der Waals surface area contributed by atoms with Gasteiger partial charge in [0, 0.05) is 80.2 Å². The molecule has 0 radical (unpaired) electrons. The van der Waals surface area contributed by atoms with Crippen LogP contribution in [0.25, 0.3) is 38.8 Å². The molecule has 6 aromatic rings. The van der Waals surface area contributed by atoms with Gasteiger partial charge in [-0.25, -0.2) is 15.0 Å². The van der Waals surface area contributed by atoms with E-state index in [0.717, 1.165) is 16.7 Å². The molecule has 8 rings (SSSR count). The predicted molar refractivity (Wildman–Crippen MR) is 284 cm³/mol. The van der Waals surface area contributed by atoms with Crippen LogP contribution in [0.5, 0.6) is 23.8 Å². The summed E-state index contributed by atoms with van der Waals surface area (Å²) in [5, 5.41) is 5.97. The molecule has 0 fully saturated rings. The third kappa shape index (κ3) is 12.7. The van der Waals surface area contributed by atoms with Crippen LogP contribution in [0.15, 0.2) is 66.5 Å². The van der Waals surface area contributed by atoms with Crippen LogP contribution in [0, 0.1) is 0 Å². The number of hydrogen-bond acceptors (Lipinski definition) is 16. The Bertz CT molecular complexity index is 3010. The maximum atomic E-state index is 12.8. The van der Waals surface area contributed by atoms with Gasteiger partial charge in [0.2, 0.25) is 5.88 Å². The van der Waals surface area contributed by atoms with E-state index in [-0.39, 0.29) is 33.6 Å². The minimum Gasteiger partial charge on any atom is -0.480 e. The van der Waals surface area contributed by atoms with Gasteiger partial charge < -0.3 is 28.1 Å².